The SMILES string of the molecule is C#CCNC(=O)CNc1nnc(Cl)cc1C(N)=O. The number of nitrogens with one attached hydrogen (secondary N) is 2. The van der Waals surface area contributed by atoms with Gasteiger partial charge in [0.1, 0.15) is 0 Å². The second-order valence-electron chi connectivity index (χ2n) is 3.13. The van der Waals surface area contributed by atoms with Crippen molar-refractivity contribution in [3.05, 3.63) is 16.8 Å². The summed E-state index contributed by atoms with van der Waals surface area (Å²) < 4.78 is 0. The highest BCUT2D eigenvalue weighted by atomic mass is 35.5. The first-order valence-electron chi connectivity index (χ1n) is 4.81. The van der Waals surface area contributed by atoms with E-state index in [2.05, 4.69) is 26.8 Å². The van der Waals surface area contributed by atoms with E-state index in [1.807, 2.05) is 0 Å². The average Bonchev–Trinajstić information content (AvgIpc) is 2.34. The highest BCUT2D eigenvalue weighted by Crippen LogP contribution is 2.14. The lowest BCUT2D eigenvalue weighted by Gasteiger charge is -2.07. The Kier molecular flexibility index (Phi) is 4.90. The summed E-state index contributed by atoms with van der Waals surface area (Å²) in [7, 11) is 0. The van der Waals surface area contributed by atoms with Crippen LogP contribution in [0.5, 0.6) is 0 Å². The molecule has 8 heteroatoms. The van der Waals surface area contributed by atoms with Gasteiger partial charge in [-0.3, -0.25) is 9.59 Å². The Morgan fingerprint density at radius 2 is 2.22 bits per heavy atom. The molecule has 0 atom stereocenters. The van der Waals surface area contributed by atoms with E-state index in [1.54, 1.807) is 0 Å². The first kappa shape index (κ1) is 13.7. The maximum atomic E-state index is 11.3. The fraction of sp³-hybridized carbons (Fsp3) is 0.200. The van der Waals surface area contributed by atoms with Crippen molar-refractivity contribution in [2.24, 2.45) is 5.73 Å². The second kappa shape index (κ2) is 6.42. The van der Waals surface area contributed by atoms with Gasteiger partial charge < -0.3 is 16.4 Å². The number of halogens is 1. The molecule has 1 heterocycles. The van der Waals surface area contributed by atoms with Gasteiger partial charge >= 0.3 is 0 Å². The quantitative estimate of drug-likeness (QED) is 0.617. The minimum atomic E-state index is -0.724. The molecule has 1 rings (SSSR count). The van der Waals surface area contributed by atoms with Crippen LogP contribution in [0.3, 0.4) is 0 Å². The van der Waals surface area contributed by atoms with Gasteiger partial charge in [0.2, 0.25) is 5.91 Å². The number of nitrogens with two attached hydrogens (primary N) is 1. The zero-order chi connectivity index (χ0) is 13.5. The van der Waals surface area contributed by atoms with Crippen LogP contribution in [0.15, 0.2) is 6.07 Å². The molecule has 0 unspecified atom stereocenters. The third-order valence-electron chi connectivity index (χ3n) is 1.83. The number of carbonyl (C=O) groups is 2. The molecule has 0 aromatic carbocycles. The molecule has 0 saturated heterocycles. The minimum Gasteiger partial charge on any atom is -0.365 e. The van der Waals surface area contributed by atoms with Crippen molar-refractivity contribution >= 4 is 29.2 Å². The lowest BCUT2D eigenvalue weighted by Crippen LogP contribution is -2.31. The second-order valence-corrected chi connectivity index (χ2v) is 3.52. The third-order valence-corrected chi connectivity index (χ3v) is 2.02. The summed E-state index contributed by atoms with van der Waals surface area (Å²) in [5.41, 5.74) is 5.19. The highest BCUT2D eigenvalue weighted by molar-refractivity contribution is 6.29. The molecular formula is C10H10ClN5O2. The first-order valence-corrected chi connectivity index (χ1v) is 5.19. The highest BCUT2D eigenvalue weighted by Gasteiger charge is 2.12. The Morgan fingerprint density at radius 1 is 1.50 bits per heavy atom. The van der Waals surface area contributed by atoms with Crippen LogP contribution in [0.25, 0.3) is 0 Å². The zero-order valence-electron chi connectivity index (χ0n) is 9.24. The molecule has 0 fully saturated rings. The maximum Gasteiger partial charge on any atom is 0.252 e. The number of amides is 2. The number of aromatic nitrogens is 2. The summed E-state index contributed by atoms with van der Waals surface area (Å²) in [4.78, 5) is 22.4. The van der Waals surface area contributed by atoms with E-state index in [1.165, 1.54) is 6.07 Å². The Labute approximate surface area is 108 Å². The third kappa shape index (κ3) is 3.92. The van der Waals surface area contributed by atoms with Crippen LogP contribution < -0.4 is 16.4 Å². The summed E-state index contributed by atoms with van der Waals surface area (Å²) in [5.74, 6) is 1.27. The van der Waals surface area contributed by atoms with Gasteiger partial charge in [-0.25, -0.2) is 0 Å². The normalized spacial score (nSPS) is 9.33. The summed E-state index contributed by atoms with van der Waals surface area (Å²) in [6.07, 6.45) is 4.98. The minimum absolute atomic E-state index is 0.0335. The molecule has 0 radical (unpaired) electrons. The van der Waals surface area contributed by atoms with E-state index in [0.717, 1.165) is 0 Å². The van der Waals surface area contributed by atoms with Crippen LogP contribution in [0.4, 0.5) is 5.82 Å². The molecule has 7 nitrogen and oxygen atoms in total. The lowest BCUT2D eigenvalue weighted by molar-refractivity contribution is -0.119. The molecule has 4 N–H and O–H groups in total. The van der Waals surface area contributed by atoms with E-state index < -0.39 is 5.91 Å². The van der Waals surface area contributed by atoms with Gasteiger partial charge in [-0.2, -0.15) is 0 Å². The van der Waals surface area contributed by atoms with Crippen LogP contribution in [-0.4, -0.2) is 35.1 Å². The van der Waals surface area contributed by atoms with Crippen LogP contribution in [0, 0.1) is 12.3 Å². The van der Waals surface area contributed by atoms with Crippen molar-refractivity contribution in [1.29, 1.82) is 0 Å². The van der Waals surface area contributed by atoms with Gasteiger partial charge in [0.25, 0.3) is 5.91 Å². The summed E-state index contributed by atoms with van der Waals surface area (Å²) in [6, 6.07) is 1.26. The molecule has 18 heavy (non-hydrogen) atoms. The lowest BCUT2D eigenvalue weighted by atomic mass is 10.2. The molecule has 2 amide bonds. The predicted octanol–water partition coefficient (Wildman–Crippen LogP) is -0.610. The number of anilines is 1. The molecule has 1 aromatic heterocycles. The monoisotopic (exact) mass is 267 g/mol. The molecular weight excluding hydrogens is 258 g/mol. The van der Waals surface area contributed by atoms with Crippen LogP contribution in [0.1, 0.15) is 10.4 Å². The topological polar surface area (TPSA) is 110 Å². The van der Waals surface area contributed by atoms with Crippen molar-refractivity contribution in [2.45, 2.75) is 0 Å². The van der Waals surface area contributed by atoms with Crippen molar-refractivity contribution in [2.75, 3.05) is 18.4 Å². The zero-order valence-corrected chi connectivity index (χ0v) is 9.99. The van der Waals surface area contributed by atoms with Gasteiger partial charge in [0, 0.05) is 0 Å². The molecule has 0 aliphatic heterocycles. The number of carbonyl (C=O) groups excluding carboxylic acids is 2. The molecule has 0 bridgehead atoms. The van der Waals surface area contributed by atoms with Gasteiger partial charge in [-0.05, 0) is 6.07 Å². The number of hydrogen-bond donors (Lipinski definition) is 3. The van der Waals surface area contributed by atoms with Gasteiger partial charge in [-0.15, -0.1) is 16.6 Å². The molecule has 1 aromatic rings. The Hall–Kier alpha value is -2.33. The van der Waals surface area contributed by atoms with Gasteiger partial charge in [0.05, 0.1) is 18.7 Å². The van der Waals surface area contributed by atoms with Crippen molar-refractivity contribution in [3.8, 4) is 12.3 Å². The predicted molar refractivity (Wildman–Crippen MR) is 65.9 cm³/mol. The standard InChI is InChI=1S/C10H10ClN5O2/c1-2-3-13-8(17)5-14-10-6(9(12)18)4-7(11)15-16-10/h1,4H,3,5H2,(H2,12,18)(H,13,17)(H,14,16). The number of terminal acetylenes is 1. The number of primary amides is 1. The van der Waals surface area contributed by atoms with Crippen molar-refractivity contribution in [1.82, 2.24) is 15.5 Å². The van der Waals surface area contributed by atoms with E-state index in [9.17, 15) is 9.59 Å². The Morgan fingerprint density at radius 3 is 2.83 bits per heavy atom. The molecule has 94 valence electrons. The van der Waals surface area contributed by atoms with Gasteiger partial charge in [-0.1, -0.05) is 17.5 Å². The summed E-state index contributed by atoms with van der Waals surface area (Å²) >= 11 is 5.58. The number of rotatable bonds is 5. The molecule has 0 saturated carbocycles. The fourth-order valence-corrected chi connectivity index (χ4v) is 1.21. The smallest absolute Gasteiger partial charge is 0.252 e. The molecule has 0 aliphatic rings. The fourth-order valence-electron chi connectivity index (χ4n) is 1.06. The van der Waals surface area contributed by atoms with Crippen LogP contribution in [-0.2, 0) is 4.79 Å². The Bertz CT molecular complexity index is 511. The Balaban J connectivity index is 2.70. The molecule has 0 spiro atoms. The van der Waals surface area contributed by atoms with E-state index in [0.29, 0.717) is 0 Å². The molecule has 0 aliphatic carbocycles. The van der Waals surface area contributed by atoms with Crippen LogP contribution in [0.2, 0.25) is 5.15 Å². The number of hydrogen-bond acceptors (Lipinski definition) is 5. The first-order chi connectivity index (χ1) is 8.54. The van der Waals surface area contributed by atoms with Crippen molar-refractivity contribution < 1.29 is 9.59 Å². The largest absolute Gasteiger partial charge is 0.365 e. The van der Waals surface area contributed by atoms with Crippen molar-refractivity contribution in [3.63, 3.8) is 0 Å². The van der Waals surface area contributed by atoms with Crippen LogP contribution >= 0.6 is 11.6 Å². The van der Waals surface area contributed by atoms with Gasteiger partial charge in [0.15, 0.2) is 11.0 Å². The van der Waals surface area contributed by atoms with E-state index in [4.69, 9.17) is 23.8 Å². The van der Waals surface area contributed by atoms with E-state index >= 15 is 0 Å². The van der Waals surface area contributed by atoms with E-state index in [-0.39, 0.29) is 35.5 Å². The summed E-state index contributed by atoms with van der Waals surface area (Å²) in [6.45, 7) is 0.00770. The summed E-state index contributed by atoms with van der Waals surface area (Å²) in [5, 5.41) is 12.3. The maximum absolute atomic E-state index is 11.3. The number of nitrogens with zero attached hydrogens (tertiary/aromatic N) is 2. The average molecular weight is 268 g/mol.